The average molecular weight is 365 g/mol. The number of benzene rings is 2. The van der Waals surface area contributed by atoms with Crippen LogP contribution in [0.1, 0.15) is 15.9 Å². The van der Waals surface area contributed by atoms with Crippen LogP contribution in [0.3, 0.4) is 0 Å². The lowest BCUT2D eigenvalue weighted by Gasteiger charge is -2.24. The SMILES string of the molecule is COC(=O)[C@@]12COC[C@@H]1CN(C(=O)c1cccc(-c3cccc(C)c3)c1)C2. The highest BCUT2D eigenvalue weighted by Crippen LogP contribution is 2.42. The number of hydrogen-bond acceptors (Lipinski definition) is 4. The molecule has 0 radical (unpaired) electrons. The van der Waals surface area contributed by atoms with Gasteiger partial charge in [-0.25, -0.2) is 0 Å². The molecule has 2 aromatic carbocycles. The Labute approximate surface area is 158 Å². The van der Waals surface area contributed by atoms with Crippen LogP contribution in [-0.4, -0.2) is 50.2 Å². The highest BCUT2D eigenvalue weighted by molar-refractivity contribution is 5.96. The summed E-state index contributed by atoms with van der Waals surface area (Å²) >= 11 is 0. The van der Waals surface area contributed by atoms with E-state index in [1.807, 2.05) is 36.4 Å². The zero-order valence-electron chi connectivity index (χ0n) is 15.6. The quantitative estimate of drug-likeness (QED) is 0.785. The predicted octanol–water partition coefficient (Wildman–Crippen LogP) is 2.92. The lowest BCUT2D eigenvalue weighted by molar-refractivity contribution is -0.153. The Morgan fingerprint density at radius 1 is 1.15 bits per heavy atom. The number of nitrogens with zero attached hydrogens (tertiary/aromatic N) is 1. The Morgan fingerprint density at radius 3 is 2.63 bits per heavy atom. The van der Waals surface area contributed by atoms with Gasteiger partial charge >= 0.3 is 5.97 Å². The van der Waals surface area contributed by atoms with E-state index in [2.05, 4.69) is 19.1 Å². The fourth-order valence-corrected chi connectivity index (χ4v) is 4.22. The molecule has 5 nitrogen and oxygen atoms in total. The summed E-state index contributed by atoms with van der Waals surface area (Å²) in [6.07, 6.45) is 0. The summed E-state index contributed by atoms with van der Waals surface area (Å²) in [5, 5.41) is 0. The molecule has 1 amide bonds. The minimum atomic E-state index is -0.724. The van der Waals surface area contributed by atoms with E-state index in [0.29, 0.717) is 31.9 Å². The number of fused-ring (bicyclic) bond motifs is 1. The topological polar surface area (TPSA) is 55.8 Å². The third-order valence-electron chi connectivity index (χ3n) is 5.71. The molecule has 2 aromatic rings. The lowest BCUT2D eigenvalue weighted by atomic mass is 9.81. The van der Waals surface area contributed by atoms with E-state index in [1.165, 1.54) is 12.7 Å². The first kappa shape index (κ1) is 17.7. The van der Waals surface area contributed by atoms with Crippen LogP contribution in [0, 0.1) is 18.3 Å². The highest BCUT2D eigenvalue weighted by atomic mass is 16.5. The van der Waals surface area contributed by atoms with Gasteiger partial charge in [0, 0.05) is 24.6 Å². The van der Waals surface area contributed by atoms with Gasteiger partial charge in [0.25, 0.3) is 5.91 Å². The molecule has 5 heteroatoms. The number of likely N-dealkylation sites (tertiary alicyclic amines) is 1. The van der Waals surface area contributed by atoms with Gasteiger partial charge in [-0.1, -0.05) is 42.0 Å². The molecule has 2 aliphatic heterocycles. The Morgan fingerprint density at radius 2 is 1.89 bits per heavy atom. The summed E-state index contributed by atoms with van der Waals surface area (Å²) in [7, 11) is 1.39. The van der Waals surface area contributed by atoms with Crippen LogP contribution in [-0.2, 0) is 14.3 Å². The van der Waals surface area contributed by atoms with Crippen molar-refractivity contribution in [2.24, 2.45) is 11.3 Å². The number of esters is 1. The van der Waals surface area contributed by atoms with E-state index < -0.39 is 5.41 Å². The van der Waals surface area contributed by atoms with Crippen molar-refractivity contribution >= 4 is 11.9 Å². The van der Waals surface area contributed by atoms with Gasteiger partial charge in [-0.15, -0.1) is 0 Å². The van der Waals surface area contributed by atoms with Crippen LogP contribution < -0.4 is 0 Å². The minimum Gasteiger partial charge on any atom is -0.468 e. The number of amides is 1. The number of aryl methyl sites for hydroxylation is 1. The van der Waals surface area contributed by atoms with Crippen molar-refractivity contribution in [1.82, 2.24) is 4.90 Å². The van der Waals surface area contributed by atoms with Gasteiger partial charge < -0.3 is 14.4 Å². The van der Waals surface area contributed by atoms with Crippen molar-refractivity contribution in [2.45, 2.75) is 6.92 Å². The first-order valence-corrected chi connectivity index (χ1v) is 9.16. The van der Waals surface area contributed by atoms with Gasteiger partial charge in [0.05, 0.1) is 20.3 Å². The van der Waals surface area contributed by atoms with E-state index in [4.69, 9.17) is 9.47 Å². The zero-order chi connectivity index (χ0) is 19.0. The normalized spacial score (nSPS) is 23.9. The zero-order valence-corrected chi connectivity index (χ0v) is 15.6. The van der Waals surface area contributed by atoms with Crippen molar-refractivity contribution < 1.29 is 19.1 Å². The van der Waals surface area contributed by atoms with Crippen molar-refractivity contribution in [1.29, 1.82) is 0 Å². The van der Waals surface area contributed by atoms with E-state index in [0.717, 1.165) is 11.1 Å². The second kappa shape index (κ2) is 6.82. The fraction of sp³-hybridized carbons (Fsp3) is 0.364. The summed E-state index contributed by atoms with van der Waals surface area (Å²) in [4.78, 5) is 27.2. The number of methoxy groups -OCH3 is 1. The van der Waals surface area contributed by atoms with Crippen LogP contribution in [0.5, 0.6) is 0 Å². The molecule has 0 aromatic heterocycles. The molecule has 140 valence electrons. The molecule has 0 aliphatic carbocycles. The highest BCUT2D eigenvalue weighted by Gasteiger charge is 2.57. The summed E-state index contributed by atoms with van der Waals surface area (Å²) < 4.78 is 10.5. The Kier molecular flexibility index (Phi) is 4.48. The smallest absolute Gasteiger partial charge is 0.316 e. The molecule has 0 bridgehead atoms. The first-order chi connectivity index (χ1) is 13.0. The standard InChI is InChI=1S/C22H23NO4/c1-15-5-3-6-16(9-15)17-7-4-8-18(10-17)20(24)23-11-19-12-27-14-22(19,13-23)21(25)26-2/h3-10,19H,11-14H2,1-2H3/t19-,22-/m0/s1. The van der Waals surface area contributed by atoms with Crippen molar-refractivity contribution in [2.75, 3.05) is 33.4 Å². The Hall–Kier alpha value is -2.66. The number of carbonyl (C=O) groups is 2. The maximum Gasteiger partial charge on any atom is 0.316 e. The van der Waals surface area contributed by atoms with Gasteiger partial charge in [-0.2, -0.15) is 0 Å². The lowest BCUT2D eigenvalue weighted by Crippen LogP contribution is -2.41. The maximum absolute atomic E-state index is 13.1. The summed E-state index contributed by atoms with van der Waals surface area (Å²) in [5.41, 5.74) is 3.18. The van der Waals surface area contributed by atoms with Gasteiger partial charge in [-0.3, -0.25) is 9.59 Å². The molecule has 0 N–H and O–H groups in total. The number of carbonyl (C=O) groups excluding carboxylic acids is 2. The number of hydrogen-bond donors (Lipinski definition) is 0. The largest absolute Gasteiger partial charge is 0.468 e. The molecular formula is C22H23NO4. The maximum atomic E-state index is 13.1. The molecule has 27 heavy (non-hydrogen) atoms. The molecule has 2 fully saturated rings. The van der Waals surface area contributed by atoms with Crippen LogP contribution in [0.15, 0.2) is 48.5 Å². The van der Waals surface area contributed by atoms with E-state index in [-0.39, 0.29) is 17.8 Å². The van der Waals surface area contributed by atoms with Gasteiger partial charge in [-0.05, 0) is 30.2 Å². The number of ether oxygens (including phenoxy) is 2. The molecule has 0 spiro atoms. The van der Waals surface area contributed by atoms with E-state index in [9.17, 15) is 9.59 Å². The van der Waals surface area contributed by atoms with Crippen LogP contribution in [0.2, 0.25) is 0 Å². The molecule has 4 rings (SSSR count). The molecule has 2 aliphatic rings. The molecule has 2 atom stereocenters. The molecule has 2 saturated heterocycles. The third-order valence-corrected chi connectivity index (χ3v) is 5.71. The molecular weight excluding hydrogens is 342 g/mol. The predicted molar refractivity (Wildman–Crippen MR) is 101 cm³/mol. The molecule has 0 unspecified atom stereocenters. The second-order valence-corrected chi connectivity index (χ2v) is 7.50. The summed E-state index contributed by atoms with van der Waals surface area (Å²) in [5.74, 6) is -0.343. The minimum absolute atomic E-state index is 0.00569. The van der Waals surface area contributed by atoms with Gasteiger partial charge in [0.2, 0.25) is 0 Å². The first-order valence-electron chi connectivity index (χ1n) is 9.16. The fourth-order valence-electron chi connectivity index (χ4n) is 4.22. The van der Waals surface area contributed by atoms with Crippen molar-refractivity contribution in [3.8, 4) is 11.1 Å². The van der Waals surface area contributed by atoms with Crippen LogP contribution in [0.4, 0.5) is 0 Å². The van der Waals surface area contributed by atoms with E-state index in [1.54, 1.807) is 4.90 Å². The summed E-state index contributed by atoms with van der Waals surface area (Å²) in [6.45, 7) is 3.72. The van der Waals surface area contributed by atoms with E-state index >= 15 is 0 Å². The third kappa shape index (κ3) is 3.02. The van der Waals surface area contributed by atoms with Crippen LogP contribution in [0.25, 0.3) is 11.1 Å². The average Bonchev–Trinajstić information content (AvgIpc) is 3.25. The number of rotatable bonds is 3. The van der Waals surface area contributed by atoms with Crippen molar-refractivity contribution in [3.05, 3.63) is 59.7 Å². The van der Waals surface area contributed by atoms with Gasteiger partial charge in [0.15, 0.2) is 0 Å². The molecule has 2 heterocycles. The monoisotopic (exact) mass is 365 g/mol. The van der Waals surface area contributed by atoms with Crippen LogP contribution >= 0.6 is 0 Å². The Bertz CT molecular complexity index is 893. The van der Waals surface area contributed by atoms with Crippen molar-refractivity contribution in [3.63, 3.8) is 0 Å². The second-order valence-electron chi connectivity index (χ2n) is 7.50. The molecule has 0 saturated carbocycles. The van der Waals surface area contributed by atoms with Gasteiger partial charge in [0.1, 0.15) is 5.41 Å². The Balaban J connectivity index is 1.59. The summed E-state index contributed by atoms with van der Waals surface area (Å²) in [6, 6.07) is 15.9.